The molecule has 3 rings (SSSR count). The van der Waals surface area contributed by atoms with Crippen LogP contribution in [-0.2, 0) is 16.1 Å². The summed E-state index contributed by atoms with van der Waals surface area (Å²) in [6.45, 7) is 6.33. The minimum absolute atomic E-state index is 0.0191. The summed E-state index contributed by atoms with van der Waals surface area (Å²) in [7, 11) is 0. The zero-order chi connectivity index (χ0) is 15.5. The van der Waals surface area contributed by atoms with Crippen LogP contribution in [0, 0.1) is 5.92 Å². The Hall–Kier alpha value is -1.66. The Morgan fingerprint density at radius 1 is 1.55 bits per heavy atom. The summed E-state index contributed by atoms with van der Waals surface area (Å²) in [4.78, 5) is 18.3. The van der Waals surface area contributed by atoms with E-state index in [9.17, 15) is 4.79 Å². The van der Waals surface area contributed by atoms with Gasteiger partial charge in [0.05, 0.1) is 32.0 Å². The maximum atomic E-state index is 12.3. The molecule has 6 heteroatoms. The number of hydrogen-bond donors (Lipinski definition) is 1. The SMILES string of the molecule is CC(C)NC(=O)N1C[C@@H](OCc2cccnc2)[C@@H]2COC[C@@H]21. The number of nitrogens with zero attached hydrogens (tertiary/aromatic N) is 2. The number of urea groups is 1. The molecule has 2 fully saturated rings. The molecule has 0 aliphatic carbocycles. The van der Waals surface area contributed by atoms with Crippen LogP contribution < -0.4 is 5.32 Å². The van der Waals surface area contributed by atoms with Gasteiger partial charge in [0.2, 0.25) is 0 Å². The third-order valence-corrected chi connectivity index (χ3v) is 4.21. The average Bonchev–Trinajstić information content (AvgIpc) is 3.08. The summed E-state index contributed by atoms with van der Waals surface area (Å²) in [6, 6.07) is 4.12. The molecular formula is C16H23N3O3. The molecule has 0 spiro atoms. The Morgan fingerprint density at radius 3 is 3.14 bits per heavy atom. The van der Waals surface area contributed by atoms with Gasteiger partial charge in [-0.2, -0.15) is 0 Å². The monoisotopic (exact) mass is 305 g/mol. The number of amides is 2. The van der Waals surface area contributed by atoms with Crippen molar-refractivity contribution in [3.05, 3.63) is 30.1 Å². The third-order valence-electron chi connectivity index (χ3n) is 4.21. The molecule has 2 amide bonds. The predicted octanol–water partition coefficient (Wildman–Crippen LogP) is 1.42. The molecule has 3 heterocycles. The summed E-state index contributed by atoms with van der Waals surface area (Å²) in [5.74, 6) is 0.259. The molecule has 0 bridgehead atoms. The molecule has 120 valence electrons. The lowest BCUT2D eigenvalue weighted by atomic mass is 10.0. The zero-order valence-electron chi connectivity index (χ0n) is 13.1. The smallest absolute Gasteiger partial charge is 0.318 e. The Bertz CT molecular complexity index is 509. The minimum Gasteiger partial charge on any atom is -0.379 e. The van der Waals surface area contributed by atoms with E-state index in [1.165, 1.54) is 0 Å². The van der Waals surface area contributed by atoms with Crippen molar-refractivity contribution >= 4 is 6.03 Å². The van der Waals surface area contributed by atoms with Gasteiger partial charge in [0.25, 0.3) is 0 Å². The van der Waals surface area contributed by atoms with Crippen LogP contribution in [0.5, 0.6) is 0 Å². The van der Waals surface area contributed by atoms with E-state index in [0.29, 0.717) is 26.4 Å². The topological polar surface area (TPSA) is 63.7 Å². The Labute approximate surface area is 130 Å². The third kappa shape index (κ3) is 3.23. The van der Waals surface area contributed by atoms with Crippen LogP contribution in [0.15, 0.2) is 24.5 Å². The molecule has 1 N–H and O–H groups in total. The van der Waals surface area contributed by atoms with Gasteiger partial charge in [0, 0.05) is 30.9 Å². The minimum atomic E-state index is -0.0250. The lowest BCUT2D eigenvalue weighted by Gasteiger charge is -2.24. The van der Waals surface area contributed by atoms with Crippen LogP contribution in [0.4, 0.5) is 4.79 Å². The number of carbonyl (C=O) groups is 1. The van der Waals surface area contributed by atoms with Crippen molar-refractivity contribution in [2.24, 2.45) is 5.92 Å². The molecule has 2 aliphatic rings. The molecule has 22 heavy (non-hydrogen) atoms. The fourth-order valence-corrected chi connectivity index (χ4v) is 3.13. The van der Waals surface area contributed by atoms with E-state index in [1.54, 1.807) is 12.4 Å². The second-order valence-electron chi connectivity index (χ2n) is 6.24. The number of likely N-dealkylation sites (tertiary alicyclic amines) is 1. The molecule has 2 saturated heterocycles. The fourth-order valence-electron chi connectivity index (χ4n) is 3.13. The molecule has 0 aromatic carbocycles. The van der Waals surface area contributed by atoms with Crippen molar-refractivity contribution in [2.75, 3.05) is 19.8 Å². The van der Waals surface area contributed by atoms with Crippen LogP contribution >= 0.6 is 0 Å². The van der Waals surface area contributed by atoms with Gasteiger partial charge in [-0.3, -0.25) is 4.98 Å². The number of aromatic nitrogens is 1. The average molecular weight is 305 g/mol. The molecule has 0 saturated carbocycles. The molecule has 1 aromatic rings. The molecule has 2 aliphatic heterocycles. The first kappa shape index (κ1) is 15.2. The van der Waals surface area contributed by atoms with Crippen molar-refractivity contribution in [3.63, 3.8) is 0 Å². The normalized spacial score (nSPS) is 27.2. The Balaban J connectivity index is 1.62. The van der Waals surface area contributed by atoms with Gasteiger partial charge < -0.3 is 19.7 Å². The van der Waals surface area contributed by atoms with Gasteiger partial charge in [-0.25, -0.2) is 4.79 Å². The maximum Gasteiger partial charge on any atom is 0.318 e. The number of nitrogens with one attached hydrogen (secondary N) is 1. The highest BCUT2D eigenvalue weighted by Gasteiger charge is 2.48. The number of rotatable bonds is 4. The first-order valence-corrected chi connectivity index (χ1v) is 7.80. The lowest BCUT2D eigenvalue weighted by molar-refractivity contribution is 0.0110. The fraction of sp³-hybridized carbons (Fsp3) is 0.625. The second kappa shape index (κ2) is 6.62. The quantitative estimate of drug-likeness (QED) is 0.913. The molecule has 0 unspecified atom stereocenters. The summed E-state index contributed by atoms with van der Waals surface area (Å²) in [6.07, 6.45) is 3.57. The summed E-state index contributed by atoms with van der Waals surface area (Å²) < 4.78 is 11.6. The summed E-state index contributed by atoms with van der Waals surface area (Å²) in [5, 5.41) is 2.96. The van der Waals surface area contributed by atoms with Crippen molar-refractivity contribution < 1.29 is 14.3 Å². The van der Waals surface area contributed by atoms with Crippen molar-refractivity contribution in [1.82, 2.24) is 15.2 Å². The van der Waals surface area contributed by atoms with E-state index in [-0.39, 0.29) is 30.1 Å². The van der Waals surface area contributed by atoms with Crippen molar-refractivity contribution in [3.8, 4) is 0 Å². The molecule has 0 radical (unpaired) electrons. The van der Waals surface area contributed by atoms with Crippen LogP contribution in [0.3, 0.4) is 0 Å². The summed E-state index contributed by atoms with van der Waals surface area (Å²) >= 11 is 0. The van der Waals surface area contributed by atoms with E-state index >= 15 is 0 Å². The molecular weight excluding hydrogens is 282 g/mol. The first-order chi connectivity index (χ1) is 10.6. The van der Waals surface area contributed by atoms with Crippen LogP contribution in [0.1, 0.15) is 19.4 Å². The van der Waals surface area contributed by atoms with E-state index in [4.69, 9.17) is 9.47 Å². The first-order valence-electron chi connectivity index (χ1n) is 7.80. The van der Waals surface area contributed by atoms with Crippen molar-refractivity contribution in [2.45, 2.75) is 38.6 Å². The van der Waals surface area contributed by atoms with Crippen molar-refractivity contribution in [1.29, 1.82) is 0 Å². The largest absolute Gasteiger partial charge is 0.379 e. The highest BCUT2D eigenvalue weighted by atomic mass is 16.5. The van der Waals surface area contributed by atoms with E-state index in [1.807, 2.05) is 30.9 Å². The molecule has 6 nitrogen and oxygen atoms in total. The van der Waals surface area contributed by atoms with E-state index in [0.717, 1.165) is 5.56 Å². The van der Waals surface area contributed by atoms with Gasteiger partial charge in [-0.15, -0.1) is 0 Å². The molecule has 1 aromatic heterocycles. The number of fused-ring (bicyclic) bond motifs is 1. The van der Waals surface area contributed by atoms with Gasteiger partial charge in [-0.05, 0) is 25.5 Å². The number of hydrogen-bond acceptors (Lipinski definition) is 4. The lowest BCUT2D eigenvalue weighted by Crippen LogP contribution is -2.46. The standard InChI is InChI=1S/C16H23N3O3/c1-11(2)18-16(20)19-7-15(13-9-21-10-14(13)19)22-8-12-4-3-5-17-6-12/h3-6,11,13-15H,7-10H2,1-2H3,(H,18,20)/t13-,14+,15-/m1/s1. The highest BCUT2D eigenvalue weighted by molar-refractivity contribution is 5.75. The van der Waals surface area contributed by atoms with Gasteiger partial charge in [0.1, 0.15) is 0 Å². The van der Waals surface area contributed by atoms with Crippen LogP contribution in [0.25, 0.3) is 0 Å². The Morgan fingerprint density at radius 2 is 2.41 bits per heavy atom. The number of pyridine rings is 1. The highest BCUT2D eigenvalue weighted by Crippen LogP contribution is 2.32. The van der Waals surface area contributed by atoms with E-state index in [2.05, 4.69) is 10.3 Å². The van der Waals surface area contributed by atoms with Crippen LogP contribution in [0.2, 0.25) is 0 Å². The van der Waals surface area contributed by atoms with Gasteiger partial charge in [0.15, 0.2) is 0 Å². The molecule has 3 atom stereocenters. The zero-order valence-corrected chi connectivity index (χ0v) is 13.1. The van der Waals surface area contributed by atoms with E-state index < -0.39 is 0 Å². The number of carbonyl (C=O) groups excluding carboxylic acids is 1. The second-order valence-corrected chi connectivity index (χ2v) is 6.24. The Kier molecular flexibility index (Phi) is 4.59. The predicted molar refractivity (Wildman–Crippen MR) is 81.3 cm³/mol. The van der Waals surface area contributed by atoms with Gasteiger partial charge in [-0.1, -0.05) is 6.07 Å². The maximum absolute atomic E-state index is 12.3. The van der Waals surface area contributed by atoms with Crippen LogP contribution in [-0.4, -0.2) is 53.9 Å². The van der Waals surface area contributed by atoms with Gasteiger partial charge >= 0.3 is 6.03 Å². The number of ether oxygens (including phenoxy) is 2. The summed E-state index contributed by atoms with van der Waals surface area (Å²) in [5.41, 5.74) is 1.04.